The molecular formula is C22H26N4OS. The molecular weight excluding hydrogens is 368 g/mol. The van der Waals surface area contributed by atoms with Crippen molar-refractivity contribution in [3.05, 3.63) is 69.7 Å². The monoisotopic (exact) mass is 394 g/mol. The minimum absolute atomic E-state index is 0.0582. The molecule has 0 spiro atoms. The lowest BCUT2D eigenvalue weighted by molar-refractivity contribution is 0.0938. The molecule has 1 amide bonds. The third-order valence-electron chi connectivity index (χ3n) is 5.41. The highest BCUT2D eigenvalue weighted by atomic mass is 32.1. The quantitative estimate of drug-likeness (QED) is 0.684. The Morgan fingerprint density at radius 2 is 2.04 bits per heavy atom. The van der Waals surface area contributed by atoms with Crippen LogP contribution in [-0.4, -0.2) is 40.2 Å². The van der Waals surface area contributed by atoms with E-state index in [2.05, 4.69) is 51.9 Å². The molecule has 28 heavy (non-hydrogen) atoms. The fraction of sp³-hybridized carbons (Fsp3) is 0.364. The van der Waals surface area contributed by atoms with Crippen molar-refractivity contribution in [3.8, 4) is 5.69 Å². The minimum atomic E-state index is -0.0582. The lowest BCUT2D eigenvalue weighted by Crippen LogP contribution is -2.36. The second-order valence-corrected chi connectivity index (χ2v) is 8.36. The molecule has 3 aromatic rings. The molecule has 1 unspecified atom stereocenters. The van der Waals surface area contributed by atoms with E-state index in [1.807, 2.05) is 23.7 Å². The predicted octanol–water partition coefficient (Wildman–Crippen LogP) is 4.12. The number of nitrogens with zero attached hydrogens (tertiary/aromatic N) is 3. The van der Waals surface area contributed by atoms with Crippen molar-refractivity contribution < 1.29 is 4.79 Å². The van der Waals surface area contributed by atoms with Crippen LogP contribution in [-0.2, 0) is 0 Å². The molecule has 1 saturated heterocycles. The van der Waals surface area contributed by atoms with E-state index in [0.29, 0.717) is 12.1 Å². The van der Waals surface area contributed by atoms with Crippen LogP contribution in [0.5, 0.6) is 0 Å². The zero-order valence-electron chi connectivity index (χ0n) is 16.4. The summed E-state index contributed by atoms with van der Waals surface area (Å²) >= 11 is 1.76. The first kappa shape index (κ1) is 18.9. The number of thiophene rings is 1. The minimum Gasteiger partial charge on any atom is -0.350 e. The summed E-state index contributed by atoms with van der Waals surface area (Å²) in [4.78, 5) is 16.7. The highest BCUT2D eigenvalue weighted by Gasteiger charge is 2.25. The molecule has 2 aromatic heterocycles. The highest BCUT2D eigenvalue weighted by molar-refractivity contribution is 7.10. The largest absolute Gasteiger partial charge is 0.350 e. The summed E-state index contributed by atoms with van der Waals surface area (Å²) in [6.07, 6.45) is 4.14. The summed E-state index contributed by atoms with van der Waals surface area (Å²) in [5.41, 5.74) is 3.64. The van der Waals surface area contributed by atoms with Gasteiger partial charge >= 0.3 is 0 Å². The zero-order valence-corrected chi connectivity index (χ0v) is 17.2. The van der Waals surface area contributed by atoms with Gasteiger partial charge in [0.15, 0.2) is 0 Å². The van der Waals surface area contributed by atoms with Crippen LogP contribution in [0.1, 0.15) is 45.4 Å². The van der Waals surface area contributed by atoms with E-state index < -0.39 is 0 Å². The first-order valence-electron chi connectivity index (χ1n) is 9.81. The Morgan fingerprint density at radius 3 is 2.75 bits per heavy atom. The number of carbonyl (C=O) groups excluding carboxylic acids is 1. The fourth-order valence-corrected chi connectivity index (χ4v) is 4.74. The van der Waals surface area contributed by atoms with Gasteiger partial charge in [-0.25, -0.2) is 4.68 Å². The van der Waals surface area contributed by atoms with Crippen molar-refractivity contribution in [2.45, 2.75) is 32.7 Å². The molecule has 4 rings (SSSR count). The first-order valence-corrected chi connectivity index (χ1v) is 10.7. The summed E-state index contributed by atoms with van der Waals surface area (Å²) in [5.74, 6) is -0.0582. The van der Waals surface area contributed by atoms with Crippen LogP contribution >= 0.6 is 11.3 Å². The molecule has 1 atom stereocenters. The molecule has 0 aliphatic carbocycles. The van der Waals surface area contributed by atoms with Crippen LogP contribution in [0.3, 0.4) is 0 Å². The van der Waals surface area contributed by atoms with Crippen molar-refractivity contribution in [2.24, 2.45) is 0 Å². The van der Waals surface area contributed by atoms with E-state index >= 15 is 0 Å². The summed E-state index contributed by atoms with van der Waals surface area (Å²) in [6, 6.07) is 12.6. The van der Waals surface area contributed by atoms with Crippen LogP contribution in [0.15, 0.2) is 48.0 Å². The number of aryl methyl sites for hydroxylation is 1. The Morgan fingerprint density at radius 1 is 1.21 bits per heavy atom. The number of hydrogen-bond acceptors (Lipinski definition) is 4. The van der Waals surface area contributed by atoms with Gasteiger partial charge in [-0.05, 0) is 68.9 Å². The van der Waals surface area contributed by atoms with Gasteiger partial charge in [-0.15, -0.1) is 11.3 Å². The van der Waals surface area contributed by atoms with Gasteiger partial charge in [-0.1, -0.05) is 18.2 Å². The lowest BCUT2D eigenvalue weighted by atomic mass is 10.2. The van der Waals surface area contributed by atoms with E-state index in [1.54, 1.807) is 17.5 Å². The number of likely N-dealkylation sites (tertiary alicyclic amines) is 1. The molecule has 0 radical (unpaired) electrons. The van der Waals surface area contributed by atoms with Crippen LogP contribution < -0.4 is 5.32 Å². The van der Waals surface area contributed by atoms with Gasteiger partial charge in [-0.2, -0.15) is 5.10 Å². The summed E-state index contributed by atoms with van der Waals surface area (Å²) in [7, 11) is 0. The average Bonchev–Trinajstić information content (AvgIpc) is 3.44. The fourth-order valence-electron chi connectivity index (χ4n) is 3.88. The van der Waals surface area contributed by atoms with E-state index in [0.717, 1.165) is 24.5 Å². The highest BCUT2D eigenvalue weighted by Crippen LogP contribution is 2.28. The summed E-state index contributed by atoms with van der Waals surface area (Å²) in [6.45, 7) is 6.82. The molecule has 1 aliphatic heterocycles. The normalized spacial score (nSPS) is 15.6. The third kappa shape index (κ3) is 3.88. The van der Waals surface area contributed by atoms with Crippen molar-refractivity contribution >= 4 is 17.2 Å². The molecule has 6 heteroatoms. The third-order valence-corrected chi connectivity index (χ3v) is 6.38. The number of aromatic nitrogens is 2. The van der Waals surface area contributed by atoms with Crippen LogP contribution in [0.25, 0.3) is 5.69 Å². The summed E-state index contributed by atoms with van der Waals surface area (Å²) in [5, 5.41) is 9.71. The second-order valence-electron chi connectivity index (χ2n) is 7.38. The van der Waals surface area contributed by atoms with Crippen molar-refractivity contribution in [1.29, 1.82) is 0 Å². The zero-order chi connectivity index (χ0) is 19.5. The Bertz CT molecular complexity index is 941. The predicted molar refractivity (Wildman–Crippen MR) is 113 cm³/mol. The Balaban J connectivity index is 1.49. The Hall–Kier alpha value is -2.44. The molecule has 3 heterocycles. The van der Waals surface area contributed by atoms with Gasteiger partial charge in [0.1, 0.15) is 0 Å². The number of amides is 1. The van der Waals surface area contributed by atoms with Gasteiger partial charge < -0.3 is 5.32 Å². The number of carbonyl (C=O) groups is 1. The van der Waals surface area contributed by atoms with Gasteiger partial charge in [0.25, 0.3) is 5.91 Å². The number of nitrogens with one attached hydrogen (secondary N) is 1. The van der Waals surface area contributed by atoms with E-state index in [9.17, 15) is 4.79 Å². The van der Waals surface area contributed by atoms with Gasteiger partial charge in [0.2, 0.25) is 0 Å². The van der Waals surface area contributed by atoms with Crippen molar-refractivity contribution in [1.82, 2.24) is 20.0 Å². The number of rotatable bonds is 6. The summed E-state index contributed by atoms with van der Waals surface area (Å²) < 4.78 is 1.83. The molecule has 5 nitrogen and oxygen atoms in total. The number of hydrogen-bond donors (Lipinski definition) is 1. The van der Waals surface area contributed by atoms with Crippen molar-refractivity contribution in [3.63, 3.8) is 0 Å². The van der Waals surface area contributed by atoms with Crippen LogP contribution in [0, 0.1) is 13.8 Å². The Kier molecular flexibility index (Phi) is 5.59. The van der Waals surface area contributed by atoms with Crippen LogP contribution in [0.2, 0.25) is 0 Å². The van der Waals surface area contributed by atoms with Gasteiger partial charge in [-0.3, -0.25) is 9.69 Å². The SMILES string of the molecule is Cc1cccc(-n2ncc(C(=O)NCC(c3cccs3)N3CCCC3)c2C)c1. The van der Waals surface area contributed by atoms with E-state index in [-0.39, 0.29) is 11.9 Å². The van der Waals surface area contributed by atoms with E-state index in [1.165, 1.54) is 23.3 Å². The average molecular weight is 395 g/mol. The molecule has 1 aromatic carbocycles. The molecule has 146 valence electrons. The van der Waals surface area contributed by atoms with Gasteiger partial charge in [0.05, 0.1) is 29.2 Å². The van der Waals surface area contributed by atoms with Crippen molar-refractivity contribution in [2.75, 3.05) is 19.6 Å². The topological polar surface area (TPSA) is 50.2 Å². The molecule has 0 bridgehead atoms. The Labute approximate surface area is 170 Å². The first-order chi connectivity index (χ1) is 13.6. The molecule has 1 N–H and O–H groups in total. The second kappa shape index (κ2) is 8.29. The lowest BCUT2D eigenvalue weighted by Gasteiger charge is -2.26. The molecule has 1 aliphatic rings. The number of benzene rings is 1. The maximum absolute atomic E-state index is 12.9. The molecule has 1 fully saturated rings. The maximum Gasteiger partial charge on any atom is 0.254 e. The standard InChI is InChI=1S/C22H26N4OS/c1-16-7-5-8-18(13-16)26-17(2)19(14-24-26)22(27)23-15-20(21-9-6-12-28-21)25-10-3-4-11-25/h5-9,12-14,20H,3-4,10-11,15H2,1-2H3,(H,23,27). The van der Waals surface area contributed by atoms with Crippen LogP contribution in [0.4, 0.5) is 0 Å². The smallest absolute Gasteiger partial charge is 0.254 e. The van der Waals surface area contributed by atoms with E-state index in [4.69, 9.17) is 0 Å². The maximum atomic E-state index is 12.9. The van der Waals surface area contributed by atoms with Gasteiger partial charge in [0, 0.05) is 11.4 Å². The molecule has 0 saturated carbocycles.